The summed E-state index contributed by atoms with van der Waals surface area (Å²) in [7, 11) is 0. The maximum atomic E-state index is 12.1. The lowest BCUT2D eigenvalue weighted by Crippen LogP contribution is -2.41. The van der Waals surface area contributed by atoms with Crippen molar-refractivity contribution < 1.29 is 9.21 Å². The number of guanidine groups is 1. The molecule has 0 aliphatic heterocycles. The fourth-order valence-corrected chi connectivity index (χ4v) is 3.27. The van der Waals surface area contributed by atoms with Gasteiger partial charge in [-0.2, -0.15) is 0 Å². The van der Waals surface area contributed by atoms with Gasteiger partial charge in [0.1, 0.15) is 16.8 Å². The summed E-state index contributed by atoms with van der Waals surface area (Å²) in [5.41, 5.74) is 4.10. The molecular formula is C20H25IN6O2S. The highest BCUT2D eigenvalue weighted by atomic mass is 127. The fourth-order valence-electron chi connectivity index (χ4n) is 2.55. The van der Waals surface area contributed by atoms with E-state index >= 15 is 0 Å². The number of carbonyl (C=O) groups excluding carboxylic acids is 1. The summed E-state index contributed by atoms with van der Waals surface area (Å²) in [6, 6.07) is 9.74. The van der Waals surface area contributed by atoms with Crippen molar-refractivity contribution in [1.82, 2.24) is 25.9 Å². The minimum atomic E-state index is -0.107. The molecule has 0 saturated carbocycles. The zero-order chi connectivity index (χ0) is 20.5. The maximum absolute atomic E-state index is 12.1. The Balaban J connectivity index is 0.00000320. The quantitative estimate of drug-likeness (QED) is 0.176. The van der Waals surface area contributed by atoms with Gasteiger partial charge in [-0.15, -0.1) is 35.3 Å². The Kier molecular flexibility index (Phi) is 9.74. The molecule has 0 radical (unpaired) electrons. The lowest BCUT2D eigenvalue weighted by Gasteiger charge is -2.11. The van der Waals surface area contributed by atoms with Crippen LogP contribution in [0.2, 0.25) is 0 Å². The molecule has 8 nitrogen and oxygen atoms in total. The van der Waals surface area contributed by atoms with Crippen molar-refractivity contribution in [2.75, 3.05) is 19.6 Å². The number of nitrogens with one attached hydrogen (secondary N) is 3. The maximum Gasteiger partial charge on any atom is 0.263 e. The normalized spacial score (nSPS) is 10.9. The average molecular weight is 540 g/mol. The van der Waals surface area contributed by atoms with Crippen molar-refractivity contribution >= 4 is 47.2 Å². The molecule has 0 bridgehead atoms. The van der Waals surface area contributed by atoms with Gasteiger partial charge in [0.05, 0.1) is 17.7 Å². The topological polar surface area (TPSA) is 104 Å². The highest BCUT2D eigenvalue weighted by Crippen LogP contribution is 2.18. The van der Waals surface area contributed by atoms with Gasteiger partial charge >= 0.3 is 0 Å². The van der Waals surface area contributed by atoms with E-state index in [-0.39, 0.29) is 29.9 Å². The van der Waals surface area contributed by atoms with Gasteiger partial charge in [0.2, 0.25) is 5.89 Å². The number of hydrogen-bond acceptors (Lipinski definition) is 6. The number of carbonyl (C=O) groups is 1. The minimum Gasteiger partial charge on any atom is -0.444 e. The molecule has 160 valence electrons. The number of benzene rings is 1. The molecule has 0 spiro atoms. The van der Waals surface area contributed by atoms with Crippen LogP contribution >= 0.6 is 35.3 Å². The van der Waals surface area contributed by atoms with E-state index in [1.165, 1.54) is 11.3 Å². The van der Waals surface area contributed by atoms with Crippen LogP contribution in [0.1, 0.15) is 28.0 Å². The monoisotopic (exact) mass is 540 g/mol. The standard InChI is InChI=1S/C20H24N6O2S.HI/c1-3-21-20(23-10-9-22-18(27)17-14(2)25-13-29-17)24-11-16-12-28-19(26-16)15-7-5-4-6-8-15;/h4-8,12-13H,3,9-11H2,1-2H3,(H,22,27)(H2,21,23,24);1H. The van der Waals surface area contributed by atoms with Crippen LogP contribution in [0, 0.1) is 6.92 Å². The molecule has 2 heterocycles. The average Bonchev–Trinajstić information content (AvgIpc) is 3.39. The van der Waals surface area contributed by atoms with E-state index in [9.17, 15) is 4.79 Å². The van der Waals surface area contributed by atoms with Gasteiger partial charge in [0, 0.05) is 25.2 Å². The highest BCUT2D eigenvalue weighted by Gasteiger charge is 2.11. The number of thiazole rings is 1. The number of aliphatic imine (C=N–C) groups is 1. The third kappa shape index (κ3) is 6.80. The first kappa shape index (κ1) is 23.8. The molecule has 0 fully saturated rings. The Morgan fingerprint density at radius 1 is 1.17 bits per heavy atom. The summed E-state index contributed by atoms with van der Waals surface area (Å²) < 4.78 is 5.54. The zero-order valence-electron chi connectivity index (χ0n) is 16.8. The van der Waals surface area contributed by atoms with Crippen molar-refractivity contribution in [2.24, 2.45) is 4.99 Å². The second kappa shape index (κ2) is 12.3. The number of hydrogen-bond donors (Lipinski definition) is 3. The summed E-state index contributed by atoms with van der Waals surface area (Å²) in [6.45, 7) is 5.96. The molecule has 30 heavy (non-hydrogen) atoms. The van der Waals surface area contributed by atoms with Crippen molar-refractivity contribution in [3.8, 4) is 11.5 Å². The summed E-state index contributed by atoms with van der Waals surface area (Å²) in [5.74, 6) is 1.12. The molecule has 3 rings (SSSR count). The first-order chi connectivity index (χ1) is 14.2. The van der Waals surface area contributed by atoms with E-state index in [1.54, 1.807) is 11.8 Å². The van der Waals surface area contributed by atoms with E-state index in [1.807, 2.05) is 44.2 Å². The minimum absolute atomic E-state index is 0. The third-order valence-electron chi connectivity index (χ3n) is 3.97. The van der Waals surface area contributed by atoms with Crippen molar-refractivity contribution in [1.29, 1.82) is 0 Å². The molecule has 1 aromatic carbocycles. The molecule has 1 amide bonds. The molecule has 0 aliphatic carbocycles. The fraction of sp³-hybridized carbons (Fsp3) is 0.300. The smallest absolute Gasteiger partial charge is 0.263 e. The van der Waals surface area contributed by atoms with Crippen LogP contribution in [0.25, 0.3) is 11.5 Å². The molecule has 3 N–H and O–H groups in total. The Bertz CT molecular complexity index is 957. The van der Waals surface area contributed by atoms with Gasteiger partial charge in [0.15, 0.2) is 5.96 Å². The summed E-state index contributed by atoms with van der Waals surface area (Å²) >= 11 is 1.34. The van der Waals surface area contributed by atoms with Crippen LogP contribution in [0.5, 0.6) is 0 Å². The van der Waals surface area contributed by atoms with Crippen LogP contribution in [0.15, 0.2) is 51.5 Å². The van der Waals surface area contributed by atoms with E-state index < -0.39 is 0 Å². The van der Waals surface area contributed by atoms with Crippen molar-refractivity contribution in [3.63, 3.8) is 0 Å². The predicted octanol–water partition coefficient (Wildman–Crippen LogP) is 3.21. The SMILES string of the molecule is CCNC(=NCc1coc(-c2ccccc2)n1)NCCNC(=O)c1scnc1C.I. The van der Waals surface area contributed by atoms with Crippen molar-refractivity contribution in [2.45, 2.75) is 20.4 Å². The Morgan fingerprint density at radius 3 is 2.63 bits per heavy atom. The Morgan fingerprint density at radius 2 is 1.93 bits per heavy atom. The molecule has 0 atom stereocenters. The first-order valence-electron chi connectivity index (χ1n) is 9.37. The summed E-state index contributed by atoms with van der Waals surface area (Å²) in [4.78, 5) is 25.8. The number of amides is 1. The van der Waals surface area contributed by atoms with Crippen LogP contribution in [-0.2, 0) is 6.54 Å². The van der Waals surface area contributed by atoms with E-state index in [2.05, 4.69) is 30.9 Å². The molecule has 0 saturated heterocycles. The number of oxazole rings is 1. The first-order valence-corrected chi connectivity index (χ1v) is 10.3. The third-order valence-corrected chi connectivity index (χ3v) is 4.90. The lowest BCUT2D eigenvalue weighted by atomic mass is 10.2. The summed E-state index contributed by atoms with van der Waals surface area (Å²) in [5, 5.41) is 9.25. The number of rotatable bonds is 8. The van der Waals surface area contributed by atoms with Gasteiger partial charge < -0.3 is 20.4 Å². The van der Waals surface area contributed by atoms with Crippen molar-refractivity contribution in [3.05, 3.63) is 58.4 Å². The number of nitrogens with zero attached hydrogens (tertiary/aromatic N) is 3. The van der Waals surface area contributed by atoms with Gasteiger partial charge in [-0.1, -0.05) is 18.2 Å². The highest BCUT2D eigenvalue weighted by molar-refractivity contribution is 14.0. The molecule has 10 heteroatoms. The Hall–Kier alpha value is -2.47. The predicted molar refractivity (Wildman–Crippen MR) is 129 cm³/mol. The lowest BCUT2D eigenvalue weighted by molar-refractivity contribution is 0.0957. The molecule has 2 aromatic heterocycles. The van der Waals surface area contributed by atoms with E-state index in [4.69, 9.17) is 4.42 Å². The van der Waals surface area contributed by atoms with Crippen LogP contribution in [0.3, 0.4) is 0 Å². The summed E-state index contributed by atoms with van der Waals surface area (Å²) in [6.07, 6.45) is 1.62. The molecule has 0 aliphatic rings. The largest absolute Gasteiger partial charge is 0.444 e. The number of aryl methyl sites for hydroxylation is 1. The zero-order valence-corrected chi connectivity index (χ0v) is 20.0. The Labute approximate surface area is 196 Å². The van der Waals surface area contributed by atoms with Gasteiger partial charge in [0.25, 0.3) is 5.91 Å². The van der Waals surface area contributed by atoms with Gasteiger partial charge in [-0.05, 0) is 26.0 Å². The van der Waals surface area contributed by atoms with Gasteiger partial charge in [-0.3, -0.25) is 4.79 Å². The van der Waals surface area contributed by atoms with E-state index in [0.29, 0.717) is 36.4 Å². The van der Waals surface area contributed by atoms with Gasteiger partial charge in [-0.25, -0.2) is 15.0 Å². The van der Waals surface area contributed by atoms with Crippen LogP contribution < -0.4 is 16.0 Å². The van der Waals surface area contributed by atoms with Crippen LogP contribution in [0.4, 0.5) is 0 Å². The molecular weight excluding hydrogens is 515 g/mol. The van der Waals surface area contributed by atoms with Crippen LogP contribution in [-0.4, -0.2) is 41.5 Å². The molecule has 0 unspecified atom stereocenters. The molecule has 3 aromatic rings. The number of halogens is 1. The van der Waals surface area contributed by atoms with E-state index in [0.717, 1.165) is 23.5 Å². The number of aromatic nitrogens is 2. The second-order valence-electron chi connectivity index (χ2n) is 6.15. The second-order valence-corrected chi connectivity index (χ2v) is 7.01.